The zero-order chi connectivity index (χ0) is 8.41. The largest absolute Gasteiger partial charge is 0.300 e. The molecule has 0 aliphatic heterocycles. The van der Waals surface area contributed by atoms with Gasteiger partial charge < -0.3 is 4.79 Å². The van der Waals surface area contributed by atoms with Crippen molar-refractivity contribution in [2.45, 2.75) is 40.0 Å². The summed E-state index contributed by atoms with van der Waals surface area (Å²) in [4.78, 5) is 9.81. The molecule has 0 aliphatic carbocycles. The molecule has 0 aliphatic rings. The summed E-state index contributed by atoms with van der Waals surface area (Å²) in [5.41, 5.74) is 0. The fraction of sp³-hybridized carbons (Fsp3) is 0.750. The lowest BCUT2D eigenvalue weighted by Gasteiger charge is -1.71. The molecule has 0 heterocycles. The van der Waals surface area contributed by atoms with Crippen LogP contribution in [0.1, 0.15) is 40.0 Å². The number of nitriles is 1. The molecule has 2 nitrogen and oxygen atoms in total. The second-order valence-corrected chi connectivity index (χ2v) is 1.96. The molecule has 0 bridgehead atoms. The van der Waals surface area contributed by atoms with Crippen molar-refractivity contribution in [3.63, 3.8) is 0 Å². The van der Waals surface area contributed by atoms with Crippen LogP contribution in [0.25, 0.3) is 0 Å². The van der Waals surface area contributed by atoms with Gasteiger partial charge >= 0.3 is 0 Å². The fourth-order valence-electron chi connectivity index (χ4n) is 0.112. The van der Waals surface area contributed by atoms with E-state index in [9.17, 15) is 4.79 Å². The highest BCUT2D eigenvalue weighted by molar-refractivity contribution is 5.74. The Morgan fingerprint density at radius 2 is 1.90 bits per heavy atom. The zero-order valence-electron chi connectivity index (χ0n) is 6.98. The average molecular weight is 141 g/mol. The van der Waals surface area contributed by atoms with Gasteiger partial charge in [-0.3, -0.25) is 0 Å². The molecule has 0 saturated heterocycles. The molecular weight excluding hydrogens is 126 g/mol. The molecule has 0 radical (unpaired) electrons. The Balaban J connectivity index is 0. The minimum absolute atomic E-state index is 0.255. The summed E-state index contributed by atoms with van der Waals surface area (Å²) in [6.07, 6.45) is 2.34. The van der Waals surface area contributed by atoms with Crippen LogP contribution in [0, 0.1) is 11.3 Å². The van der Waals surface area contributed by atoms with Crippen LogP contribution in [0.2, 0.25) is 0 Å². The van der Waals surface area contributed by atoms with Gasteiger partial charge in [0, 0.05) is 12.8 Å². The van der Waals surface area contributed by atoms with Crippen LogP contribution in [0.5, 0.6) is 0 Å². The lowest BCUT2D eigenvalue weighted by molar-refractivity contribution is -0.116. The predicted molar refractivity (Wildman–Crippen MR) is 41.5 cm³/mol. The van der Waals surface area contributed by atoms with Crippen molar-refractivity contribution < 1.29 is 4.79 Å². The topological polar surface area (TPSA) is 40.9 Å². The summed E-state index contributed by atoms with van der Waals surface area (Å²) in [7, 11) is 0. The van der Waals surface area contributed by atoms with Gasteiger partial charge in [-0.05, 0) is 13.3 Å². The predicted octanol–water partition coefficient (Wildman–Crippen LogP) is 2.30. The monoisotopic (exact) mass is 141 g/mol. The van der Waals surface area contributed by atoms with Gasteiger partial charge in [-0.25, -0.2) is 0 Å². The van der Waals surface area contributed by atoms with E-state index < -0.39 is 0 Å². The van der Waals surface area contributed by atoms with Crippen LogP contribution in [0.3, 0.4) is 0 Å². The van der Waals surface area contributed by atoms with Crippen molar-refractivity contribution in [1.82, 2.24) is 0 Å². The van der Waals surface area contributed by atoms with E-state index in [-0.39, 0.29) is 5.78 Å². The van der Waals surface area contributed by atoms with Gasteiger partial charge in [-0.15, -0.1) is 0 Å². The van der Waals surface area contributed by atoms with Crippen molar-refractivity contribution in [2.24, 2.45) is 0 Å². The average Bonchev–Trinajstić information content (AvgIpc) is 1.91. The van der Waals surface area contributed by atoms with Gasteiger partial charge in [-0.1, -0.05) is 13.8 Å². The van der Waals surface area contributed by atoms with E-state index in [1.807, 2.05) is 19.9 Å². The third kappa shape index (κ3) is 27.2. The maximum atomic E-state index is 9.81. The number of unbranched alkanes of at least 4 members (excludes halogenated alkanes) is 1. The molecule has 0 amide bonds. The molecule has 0 aromatic heterocycles. The third-order valence-corrected chi connectivity index (χ3v) is 0.860. The number of carbonyl (C=O) groups is 1. The number of rotatable bonds is 2. The van der Waals surface area contributed by atoms with E-state index in [2.05, 4.69) is 0 Å². The second kappa shape index (κ2) is 11.0. The summed E-state index contributed by atoms with van der Waals surface area (Å²) in [5, 5.41) is 7.82. The molecule has 0 unspecified atom stereocenters. The van der Waals surface area contributed by atoms with Gasteiger partial charge in [0.2, 0.25) is 0 Å². The minimum Gasteiger partial charge on any atom is -0.300 e. The molecule has 0 spiro atoms. The Labute approximate surface area is 62.9 Å². The molecule has 0 aromatic rings. The Kier molecular flexibility index (Phi) is 13.1. The first-order valence-corrected chi connectivity index (χ1v) is 3.55. The maximum Gasteiger partial charge on any atom is 0.129 e. The van der Waals surface area contributed by atoms with E-state index in [4.69, 9.17) is 5.26 Å². The van der Waals surface area contributed by atoms with Crippen LogP contribution in [0.4, 0.5) is 0 Å². The van der Waals surface area contributed by atoms with Crippen LogP contribution in [0.15, 0.2) is 0 Å². The fourth-order valence-corrected chi connectivity index (χ4v) is 0.112. The zero-order valence-corrected chi connectivity index (χ0v) is 6.98. The molecule has 0 rings (SSSR count). The van der Waals surface area contributed by atoms with Crippen molar-refractivity contribution in [3.05, 3.63) is 0 Å². The number of nitrogens with zero attached hydrogens (tertiary/aromatic N) is 1. The summed E-state index contributed by atoms with van der Waals surface area (Å²) < 4.78 is 0. The lowest BCUT2D eigenvalue weighted by Crippen LogP contribution is -1.80. The highest BCUT2D eigenvalue weighted by Crippen LogP contribution is 1.77. The number of Topliss-reactive ketones (excluding diaryl/α,β-unsaturated/α-hetero) is 1. The SMILES string of the molecule is CCC(C)=O.CCCC#N. The van der Waals surface area contributed by atoms with Gasteiger partial charge in [0.15, 0.2) is 0 Å². The summed E-state index contributed by atoms with van der Waals surface area (Å²) >= 11 is 0. The number of hydrogen-bond donors (Lipinski definition) is 0. The van der Waals surface area contributed by atoms with Crippen LogP contribution in [-0.4, -0.2) is 5.78 Å². The molecule has 2 heteroatoms. The van der Waals surface area contributed by atoms with E-state index in [1.165, 1.54) is 0 Å². The van der Waals surface area contributed by atoms with Crippen LogP contribution < -0.4 is 0 Å². The van der Waals surface area contributed by atoms with E-state index >= 15 is 0 Å². The van der Waals surface area contributed by atoms with Crippen molar-refractivity contribution in [2.75, 3.05) is 0 Å². The Hall–Kier alpha value is -0.840. The molecule has 0 N–H and O–H groups in total. The standard InChI is InChI=1S/C4H7N.C4H8O/c1-2-3-4-5;1-3-4(2)5/h2-3H2,1H3;3H2,1-2H3. The normalized spacial score (nSPS) is 7.00. The highest BCUT2D eigenvalue weighted by atomic mass is 16.1. The molecular formula is C8H15NO. The number of ketones is 1. The van der Waals surface area contributed by atoms with Gasteiger partial charge in [0.05, 0.1) is 6.07 Å². The van der Waals surface area contributed by atoms with Crippen molar-refractivity contribution in [3.8, 4) is 6.07 Å². The lowest BCUT2D eigenvalue weighted by atomic mass is 10.4. The van der Waals surface area contributed by atoms with E-state index in [0.717, 1.165) is 6.42 Å². The molecule has 0 saturated carbocycles. The number of carbonyl (C=O) groups excluding carboxylic acids is 1. The number of hydrogen-bond acceptors (Lipinski definition) is 2. The van der Waals surface area contributed by atoms with Crippen molar-refractivity contribution in [1.29, 1.82) is 5.26 Å². The summed E-state index contributed by atoms with van der Waals surface area (Å²) in [6, 6.07) is 2.02. The summed E-state index contributed by atoms with van der Waals surface area (Å²) in [6.45, 7) is 5.42. The summed E-state index contributed by atoms with van der Waals surface area (Å²) in [5.74, 6) is 0.255. The Morgan fingerprint density at radius 3 is 1.90 bits per heavy atom. The van der Waals surface area contributed by atoms with Crippen LogP contribution >= 0.6 is 0 Å². The smallest absolute Gasteiger partial charge is 0.129 e. The highest BCUT2D eigenvalue weighted by Gasteiger charge is 1.76. The minimum atomic E-state index is 0.255. The molecule has 0 aromatic carbocycles. The van der Waals surface area contributed by atoms with E-state index in [0.29, 0.717) is 12.8 Å². The maximum absolute atomic E-state index is 9.81. The Bertz CT molecular complexity index is 113. The first-order valence-electron chi connectivity index (χ1n) is 3.55. The quantitative estimate of drug-likeness (QED) is 0.592. The second-order valence-electron chi connectivity index (χ2n) is 1.96. The molecule has 0 atom stereocenters. The third-order valence-electron chi connectivity index (χ3n) is 0.860. The van der Waals surface area contributed by atoms with Crippen molar-refractivity contribution >= 4 is 5.78 Å². The Morgan fingerprint density at radius 1 is 1.50 bits per heavy atom. The van der Waals surface area contributed by atoms with Gasteiger partial charge in [-0.2, -0.15) is 5.26 Å². The van der Waals surface area contributed by atoms with E-state index in [1.54, 1.807) is 6.92 Å². The molecule has 0 fully saturated rings. The van der Waals surface area contributed by atoms with Gasteiger partial charge in [0.1, 0.15) is 5.78 Å². The molecule has 58 valence electrons. The first kappa shape index (κ1) is 11.9. The first-order chi connectivity index (χ1) is 4.68. The molecule has 10 heavy (non-hydrogen) atoms. The van der Waals surface area contributed by atoms with Gasteiger partial charge in [0.25, 0.3) is 0 Å². The van der Waals surface area contributed by atoms with Crippen LogP contribution in [-0.2, 0) is 4.79 Å².